The smallest absolute Gasteiger partial charge is 0.191 e. The number of aliphatic hydroxyl groups is 2. The third kappa shape index (κ3) is 7.65. The lowest BCUT2D eigenvalue weighted by Crippen LogP contribution is -2.39. The normalized spacial score (nSPS) is 13.2. The molecule has 0 saturated heterocycles. The molecule has 2 aromatic rings. The Morgan fingerprint density at radius 3 is 2.43 bits per heavy atom. The molecular formula is C21H30IN3O3. The summed E-state index contributed by atoms with van der Waals surface area (Å²) in [6.07, 6.45) is -0.688. The fourth-order valence-electron chi connectivity index (χ4n) is 2.70. The van der Waals surface area contributed by atoms with E-state index in [4.69, 9.17) is 4.74 Å². The molecule has 0 aliphatic rings. The molecule has 0 saturated carbocycles. The second-order valence-electron chi connectivity index (χ2n) is 6.18. The fraction of sp³-hybridized carbons (Fsp3) is 0.381. The number of hydrogen-bond acceptors (Lipinski definition) is 4. The molecule has 0 aliphatic heterocycles. The molecule has 4 N–H and O–H groups in total. The number of nitrogens with one attached hydrogen (secondary N) is 2. The molecule has 0 radical (unpaired) electrons. The first-order valence-electron chi connectivity index (χ1n) is 9.17. The first-order valence-corrected chi connectivity index (χ1v) is 9.17. The number of guanidine groups is 1. The van der Waals surface area contributed by atoms with Gasteiger partial charge in [-0.15, -0.1) is 24.0 Å². The minimum atomic E-state index is -0.688. The predicted octanol–water partition coefficient (Wildman–Crippen LogP) is 2.68. The molecule has 2 rings (SSSR count). The molecule has 2 aromatic carbocycles. The second-order valence-corrected chi connectivity index (χ2v) is 6.18. The summed E-state index contributed by atoms with van der Waals surface area (Å²) in [5.74, 6) is 1.25. The van der Waals surface area contributed by atoms with Gasteiger partial charge in [-0.1, -0.05) is 42.5 Å². The zero-order valence-electron chi connectivity index (χ0n) is 16.3. The Balaban J connectivity index is 0.00000392. The Morgan fingerprint density at radius 1 is 1.07 bits per heavy atom. The molecule has 0 aromatic heterocycles. The number of nitrogens with zero attached hydrogens (tertiary/aromatic N) is 1. The summed E-state index contributed by atoms with van der Waals surface area (Å²) in [6, 6.07) is 17.2. The molecule has 2 unspecified atom stereocenters. The minimum absolute atomic E-state index is 0. The van der Waals surface area contributed by atoms with Gasteiger partial charge in [0.25, 0.3) is 0 Å². The number of aliphatic imine (C=N–C) groups is 1. The maximum Gasteiger partial charge on any atom is 0.191 e. The van der Waals surface area contributed by atoms with E-state index in [1.54, 1.807) is 7.11 Å². The fourth-order valence-corrected chi connectivity index (χ4v) is 2.70. The van der Waals surface area contributed by atoms with Crippen molar-refractivity contribution in [1.82, 2.24) is 10.6 Å². The first kappa shape index (κ1) is 24.2. The maximum absolute atomic E-state index is 10.4. The monoisotopic (exact) mass is 499 g/mol. The highest BCUT2D eigenvalue weighted by molar-refractivity contribution is 14.0. The van der Waals surface area contributed by atoms with E-state index < -0.39 is 6.10 Å². The average molecular weight is 499 g/mol. The zero-order valence-corrected chi connectivity index (χ0v) is 18.7. The van der Waals surface area contributed by atoms with E-state index in [0.29, 0.717) is 31.3 Å². The van der Waals surface area contributed by atoms with Gasteiger partial charge in [-0.05, 0) is 30.2 Å². The topological polar surface area (TPSA) is 86.1 Å². The van der Waals surface area contributed by atoms with Crippen LogP contribution in [0.3, 0.4) is 0 Å². The summed E-state index contributed by atoms with van der Waals surface area (Å²) in [7, 11) is 1.60. The van der Waals surface area contributed by atoms with Gasteiger partial charge in [0.2, 0.25) is 0 Å². The van der Waals surface area contributed by atoms with Crippen molar-refractivity contribution in [2.45, 2.75) is 18.9 Å². The van der Waals surface area contributed by atoms with Gasteiger partial charge in [0.15, 0.2) is 5.96 Å². The SMILES string of the molecule is CCNC(=NCC(CO)c1ccccc1)NCC(O)c1cccc(OC)c1.I. The molecule has 28 heavy (non-hydrogen) atoms. The van der Waals surface area contributed by atoms with Crippen molar-refractivity contribution in [2.24, 2.45) is 4.99 Å². The van der Waals surface area contributed by atoms with Crippen molar-refractivity contribution in [3.63, 3.8) is 0 Å². The van der Waals surface area contributed by atoms with Crippen LogP contribution in [-0.2, 0) is 0 Å². The summed E-state index contributed by atoms with van der Waals surface area (Å²) in [5.41, 5.74) is 1.83. The standard InChI is InChI=1S/C21H29N3O3.HI/c1-3-22-21(23-13-18(15-25)16-8-5-4-6-9-16)24-14-20(26)17-10-7-11-19(12-17)27-2;/h4-12,18,20,25-26H,3,13-15H2,1-2H3,(H2,22,23,24);1H. The lowest BCUT2D eigenvalue weighted by atomic mass is 10.0. The number of aliphatic hydroxyl groups excluding tert-OH is 2. The Hall–Kier alpha value is -1.84. The summed E-state index contributed by atoms with van der Waals surface area (Å²) in [4.78, 5) is 4.56. The van der Waals surface area contributed by atoms with Gasteiger partial charge in [0, 0.05) is 19.0 Å². The molecule has 0 amide bonds. The lowest BCUT2D eigenvalue weighted by molar-refractivity contribution is 0.180. The number of benzene rings is 2. The average Bonchev–Trinajstić information content (AvgIpc) is 2.72. The number of methoxy groups -OCH3 is 1. The molecule has 0 aliphatic carbocycles. The van der Waals surface area contributed by atoms with E-state index in [9.17, 15) is 10.2 Å². The third-order valence-electron chi connectivity index (χ3n) is 4.25. The summed E-state index contributed by atoms with van der Waals surface area (Å²) >= 11 is 0. The van der Waals surface area contributed by atoms with Crippen LogP contribution in [-0.4, -0.2) is 49.5 Å². The van der Waals surface area contributed by atoms with Gasteiger partial charge in [-0.2, -0.15) is 0 Å². The maximum atomic E-state index is 10.4. The Kier molecular flexibility index (Phi) is 11.5. The summed E-state index contributed by atoms with van der Waals surface area (Å²) in [5, 5.41) is 26.4. The van der Waals surface area contributed by atoms with Crippen LogP contribution >= 0.6 is 24.0 Å². The number of ether oxygens (including phenoxy) is 1. The highest BCUT2D eigenvalue weighted by atomic mass is 127. The number of halogens is 1. The van der Waals surface area contributed by atoms with Gasteiger partial charge in [-0.25, -0.2) is 0 Å². The highest BCUT2D eigenvalue weighted by Gasteiger charge is 2.12. The van der Waals surface area contributed by atoms with Crippen molar-refractivity contribution < 1.29 is 14.9 Å². The van der Waals surface area contributed by atoms with Crippen molar-refractivity contribution in [3.05, 3.63) is 65.7 Å². The first-order chi connectivity index (χ1) is 13.2. The van der Waals surface area contributed by atoms with E-state index in [1.165, 1.54) is 0 Å². The number of hydrogen-bond donors (Lipinski definition) is 4. The zero-order chi connectivity index (χ0) is 19.5. The van der Waals surface area contributed by atoms with Gasteiger partial charge in [0.1, 0.15) is 5.75 Å². The van der Waals surface area contributed by atoms with Crippen LogP contribution in [0, 0.1) is 0 Å². The molecule has 0 fully saturated rings. The molecule has 6 nitrogen and oxygen atoms in total. The molecule has 0 bridgehead atoms. The van der Waals surface area contributed by atoms with E-state index in [0.717, 1.165) is 11.1 Å². The second kappa shape index (κ2) is 13.4. The van der Waals surface area contributed by atoms with Gasteiger partial charge < -0.3 is 25.6 Å². The minimum Gasteiger partial charge on any atom is -0.497 e. The summed E-state index contributed by atoms with van der Waals surface area (Å²) < 4.78 is 5.20. The van der Waals surface area contributed by atoms with Crippen LogP contribution in [0.4, 0.5) is 0 Å². The molecule has 0 heterocycles. The highest BCUT2D eigenvalue weighted by Crippen LogP contribution is 2.18. The van der Waals surface area contributed by atoms with E-state index >= 15 is 0 Å². The molecule has 2 atom stereocenters. The van der Waals surface area contributed by atoms with Crippen molar-refractivity contribution in [3.8, 4) is 5.75 Å². The van der Waals surface area contributed by atoms with Crippen molar-refractivity contribution in [1.29, 1.82) is 0 Å². The Labute approximate surface area is 184 Å². The van der Waals surface area contributed by atoms with Crippen molar-refractivity contribution in [2.75, 3.05) is 33.4 Å². The van der Waals surface area contributed by atoms with Crippen molar-refractivity contribution >= 4 is 29.9 Å². The van der Waals surface area contributed by atoms with Crippen LogP contribution in [0.25, 0.3) is 0 Å². The van der Waals surface area contributed by atoms with Gasteiger partial charge >= 0.3 is 0 Å². The Bertz CT molecular complexity index is 713. The van der Waals surface area contributed by atoms with Crippen LogP contribution < -0.4 is 15.4 Å². The number of rotatable bonds is 9. The molecule has 154 valence electrons. The van der Waals surface area contributed by atoms with Crippen LogP contribution in [0.2, 0.25) is 0 Å². The van der Waals surface area contributed by atoms with Crippen LogP contribution in [0.5, 0.6) is 5.75 Å². The van der Waals surface area contributed by atoms with Gasteiger partial charge in [0.05, 0.1) is 26.4 Å². The third-order valence-corrected chi connectivity index (χ3v) is 4.25. The van der Waals surface area contributed by atoms with E-state index in [2.05, 4.69) is 15.6 Å². The van der Waals surface area contributed by atoms with Crippen LogP contribution in [0.1, 0.15) is 30.1 Å². The van der Waals surface area contributed by atoms with E-state index in [1.807, 2.05) is 61.5 Å². The molecule has 7 heteroatoms. The molecule has 0 spiro atoms. The van der Waals surface area contributed by atoms with Crippen LogP contribution in [0.15, 0.2) is 59.6 Å². The summed E-state index contributed by atoms with van der Waals surface area (Å²) in [6.45, 7) is 3.48. The lowest BCUT2D eigenvalue weighted by Gasteiger charge is -2.17. The van der Waals surface area contributed by atoms with Gasteiger partial charge in [-0.3, -0.25) is 4.99 Å². The molecular weight excluding hydrogens is 469 g/mol. The predicted molar refractivity (Wildman–Crippen MR) is 124 cm³/mol. The Morgan fingerprint density at radius 2 is 1.79 bits per heavy atom. The quantitative estimate of drug-likeness (QED) is 0.242. The van der Waals surface area contributed by atoms with E-state index in [-0.39, 0.29) is 36.5 Å². The largest absolute Gasteiger partial charge is 0.497 e.